The summed E-state index contributed by atoms with van der Waals surface area (Å²) in [5, 5.41) is 2.35. The molecule has 10 aliphatic rings. The van der Waals surface area contributed by atoms with E-state index < -0.39 is 12.7 Å². The van der Waals surface area contributed by atoms with Crippen LogP contribution in [-0.2, 0) is 38.5 Å². The molecule has 0 aliphatic carbocycles. The zero-order valence-corrected chi connectivity index (χ0v) is 77.8. The number of alkyl halides is 6. The topological polar surface area (TPSA) is 106 Å². The number of piperidine rings is 2. The van der Waals surface area contributed by atoms with Gasteiger partial charge in [-0.2, -0.15) is 0 Å². The first kappa shape index (κ1) is 93.5. The van der Waals surface area contributed by atoms with Crippen molar-refractivity contribution in [1.29, 1.82) is 0 Å². The fourth-order valence-corrected chi connectivity index (χ4v) is 18.9. The Balaban J connectivity index is 0.000000112. The molecule has 22 rings (SSSR count). The molecule has 0 bridgehead atoms. The molecule has 12 aromatic carbocycles. The third-order valence-electron chi connectivity index (χ3n) is 25.9. The fourth-order valence-electron chi connectivity index (χ4n) is 18.3. The minimum atomic E-state index is -4.71. The predicted molar refractivity (Wildman–Crippen MR) is 528 cm³/mol. The summed E-state index contributed by atoms with van der Waals surface area (Å²) in [4.78, 5) is 37.8. The van der Waals surface area contributed by atoms with Crippen LogP contribution in [0, 0.1) is 59.0 Å². The van der Waals surface area contributed by atoms with E-state index in [0.29, 0.717) is 51.5 Å². The van der Waals surface area contributed by atoms with Crippen LogP contribution in [-0.4, -0.2) is 99.4 Å². The lowest BCUT2D eigenvalue weighted by molar-refractivity contribution is -0.275. The molecule has 134 heavy (non-hydrogen) atoms. The number of aliphatic imine (C=N–C) groups is 6. The molecule has 0 unspecified atom stereocenters. The van der Waals surface area contributed by atoms with Crippen molar-refractivity contribution in [3.8, 4) is 11.5 Å². The highest BCUT2D eigenvalue weighted by Gasteiger charge is 2.34. The van der Waals surface area contributed by atoms with Crippen LogP contribution in [0.1, 0.15) is 164 Å². The first-order valence-electron chi connectivity index (χ1n) is 45.8. The lowest BCUT2D eigenvalue weighted by atomic mass is 10.0. The Morgan fingerprint density at radius 2 is 0.418 bits per heavy atom. The van der Waals surface area contributed by atoms with Gasteiger partial charge in [0.1, 0.15) is 29.0 Å². The SMILES string of the molecule is Cc1cc2c(cc1Cl)CC(c1ccc(N3CCCC3)cc1)=N2.Cc1cc2c(cc1Cl)CC(c1ccc(N3CCCCC3)cc1)=N2.Cc1cc2c(cc1Cl)CC(c1ccc(OC(F)(F)F)cc1)=N2.Cc1cc2c(cc1F)CC(c1ccc(N3CCCC3)cc1)=N2.Cc1cc2c(cc1F)CC(c1ccc(N3CCCCC3)cc1)=N2.Cc1cc2c(cc1F)CC(c1ccc(OC(F)(F)F)cc1)=N2. The summed E-state index contributed by atoms with van der Waals surface area (Å²) in [6, 6.07) is 68.4. The van der Waals surface area contributed by atoms with Crippen LogP contribution >= 0.6 is 34.8 Å². The number of fused-ring (bicyclic) bond motifs is 6. The number of rotatable bonds is 12. The van der Waals surface area contributed by atoms with Crippen LogP contribution in [0.5, 0.6) is 11.5 Å². The van der Waals surface area contributed by atoms with Crippen molar-refractivity contribution in [3.63, 3.8) is 0 Å². The summed E-state index contributed by atoms with van der Waals surface area (Å²) in [5.74, 6) is -1.09. The van der Waals surface area contributed by atoms with Crippen molar-refractivity contribution >= 4 is 126 Å². The normalized spacial score (nSPS) is 15.9. The summed E-state index contributed by atoms with van der Waals surface area (Å²) in [6.07, 6.45) is 7.94. The quantitative estimate of drug-likeness (QED) is 0.113. The van der Waals surface area contributed by atoms with E-state index in [-0.39, 0.29) is 29.0 Å². The van der Waals surface area contributed by atoms with Crippen LogP contribution in [0.15, 0.2) is 248 Å². The summed E-state index contributed by atoms with van der Waals surface area (Å²) in [6.45, 7) is 20.6. The summed E-state index contributed by atoms with van der Waals surface area (Å²) in [5.41, 5.74) is 34.0. The molecule has 12 nitrogen and oxygen atoms in total. The van der Waals surface area contributed by atoms with Crippen molar-refractivity contribution in [1.82, 2.24) is 0 Å². The third kappa shape index (κ3) is 22.8. The van der Waals surface area contributed by atoms with Gasteiger partial charge in [-0.05, 0) is 376 Å². The van der Waals surface area contributed by atoms with Crippen LogP contribution in [0.2, 0.25) is 15.1 Å². The highest BCUT2D eigenvalue weighted by molar-refractivity contribution is 6.32. The Labute approximate surface area is 791 Å². The van der Waals surface area contributed by atoms with Gasteiger partial charge in [0.2, 0.25) is 0 Å². The molecule has 10 aliphatic heterocycles. The van der Waals surface area contributed by atoms with E-state index >= 15 is 0 Å². The molecule has 0 saturated carbocycles. The molecular weight excluding hydrogens is 1770 g/mol. The number of hydrogen-bond donors (Lipinski definition) is 0. The molecule has 0 radical (unpaired) electrons. The molecule has 688 valence electrons. The molecule has 0 aromatic heterocycles. The maximum Gasteiger partial charge on any atom is 0.573 e. The maximum atomic E-state index is 13.7. The molecule has 4 fully saturated rings. The minimum Gasteiger partial charge on any atom is -0.406 e. The molecule has 0 N–H and O–H groups in total. The van der Waals surface area contributed by atoms with E-state index in [1.54, 1.807) is 51.1 Å². The predicted octanol–water partition coefficient (Wildman–Crippen LogP) is 29.4. The summed E-state index contributed by atoms with van der Waals surface area (Å²) >= 11 is 18.6. The van der Waals surface area contributed by atoms with Gasteiger partial charge in [-0.3, -0.25) is 30.0 Å². The van der Waals surface area contributed by atoms with Gasteiger partial charge in [-0.1, -0.05) is 83.3 Å². The highest BCUT2D eigenvalue weighted by atomic mass is 35.5. The van der Waals surface area contributed by atoms with Gasteiger partial charge in [0.15, 0.2) is 0 Å². The molecule has 24 heteroatoms. The molecule has 0 spiro atoms. The van der Waals surface area contributed by atoms with Crippen LogP contribution in [0.3, 0.4) is 0 Å². The highest BCUT2D eigenvalue weighted by Crippen LogP contribution is 2.42. The minimum absolute atomic E-state index is 0.138. The Morgan fingerprint density at radius 1 is 0.239 bits per heavy atom. The second-order valence-corrected chi connectivity index (χ2v) is 36.8. The Bertz CT molecular complexity index is 6150. The lowest BCUT2D eigenvalue weighted by Crippen LogP contribution is -2.29. The van der Waals surface area contributed by atoms with E-state index in [0.717, 1.165) is 175 Å². The van der Waals surface area contributed by atoms with E-state index in [2.05, 4.69) is 165 Å². The molecule has 0 atom stereocenters. The molecule has 12 aromatic rings. The Hall–Kier alpha value is -12.3. The molecule has 10 heterocycles. The van der Waals surface area contributed by atoms with Gasteiger partial charge in [0.05, 0.1) is 68.4 Å². The average Bonchev–Trinajstić information content (AvgIpc) is 1.67. The van der Waals surface area contributed by atoms with Crippen molar-refractivity contribution in [2.45, 2.75) is 157 Å². The van der Waals surface area contributed by atoms with Crippen molar-refractivity contribution < 1.29 is 49.0 Å². The third-order valence-corrected chi connectivity index (χ3v) is 27.1. The number of halogens is 12. The average molecular weight is 1870 g/mol. The second kappa shape index (κ2) is 40.9. The van der Waals surface area contributed by atoms with E-state index in [1.807, 2.05) is 45.0 Å². The van der Waals surface area contributed by atoms with Gasteiger partial charge in [-0.15, -0.1) is 26.3 Å². The van der Waals surface area contributed by atoms with Gasteiger partial charge < -0.3 is 29.1 Å². The largest absolute Gasteiger partial charge is 0.573 e. The number of aryl methyl sites for hydroxylation is 6. The lowest BCUT2D eigenvalue weighted by Gasteiger charge is -2.28. The standard InChI is InChI=1S/C20H21ClN2.C20H21FN2.C19H19ClN2.C19H19FN2.C16H11ClF3NO.C16H11F4NO/c2*1-14-11-19-16(12-18(14)21)13-20(22-19)15-5-7-17(8-6-15)23-9-3-2-4-10-23;2*1-13-10-18-15(11-17(13)20)12-19(21-18)14-4-6-16(7-5-14)22-8-2-3-9-22;2*1-9-6-14-11(7-13(9)17)8-15(21-14)10-2-4-12(5-3-10)22-16(18,19)20/h2*5-8,11-12H,2-4,9-10,13H2,1H3;2*4-7,10-11H,2-3,8-9,12H2,1H3;2*2-7H,8H2,1H3. The second-order valence-electron chi connectivity index (χ2n) is 35.6. The van der Waals surface area contributed by atoms with Gasteiger partial charge in [0, 0.05) is 129 Å². The zero-order valence-electron chi connectivity index (χ0n) is 75.6. The first-order chi connectivity index (χ1) is 64.4. The first-order valence-corrected chi connectivity index (χ1v) is 46.9. The van der Waals surface area contributed by atoms with Crippen LogP contribution in [0.25, 0.3) is 0 Å². The Kier molecular flexibility index (Phi) is 28.5. The van der Waals surface area contributed by atoms with Crippen molar-refractivity contribution in [3.05, 3.63) is 351 Å². The summed E-state index contributed by atoms with van der Waals surface area (Å²) in [7, 11) is 0. The molecule has 0 amide bonds. The van der Waals surface area contributed by atoms with E-state index in [1.165, 1.54) is 178 Å². The van der Waals surface area contributed by atoms with Crippen LogP contribution in [0.4, 0.5) is 96.4 Å². The number of nitrogens with zero attached hydrogens (tertiary/aromatic N) is 10. The summed E-state index contributed by atoms with van der Waals surface area (Å²) < 4.78 is 121. The molecule has 4 saturated heterocycles. The monoisotopic (exact) mass is 1870 g/mol. The van der Waals surface area contributed by atoms with Crippen molar-refractivity contribution in [2.24, 2.45) is 30.0 Å². The van der Waals surface area contributed by atoms with Gasteiger partial charge >= 0.3 is 12.7 Å². The smallest absolute Gasteiger partial charge is 0.406 e. The number of benzene rings is 12. The van der Waals surface area contributed by atoms with E-state index in [9.17, 15) is 39.5 Å². The number of ether oxygens (including phenoxy) is 2. The number of anilines is 4. The van der Waals surface area contributed by atoms with Gasteiger partial charge in [0.25, 0.3) is 0 Å². The maximum absolute atomic E-state index is 13.7. The van der Waals surface area contributed by atoms with Crippen molar-refractivity contribution in [2.75, 3.05) is 72.0 Å². The Morgan fingerprint density at radius 3 is 0.619 bits per heavy atom. The molecular formula is C110H102Cl3F9N10O2. The zero-order chi connectivity index (χ0) is 93.6. The van der Waals surface area contributed by atoms with Crippen LogP contribution < -0.4 is 29.1 Å². The fraction of sp³-hybridized carbons (Fsp3) is 0.291. The van der Waals surface area contributed by atoms with E-state index in [4.69, 9.17) is 49.8 Å². The van der Waals surface area contributed by atoms with Gasteiger partial charge in [-0.25, -0.2) is 13.2 Å². The number of hydrogen-bond acceptors (Lipinski definition) is 12.